The number of aryl methyl sites for hydroxylation is 1. The molecule has 0 aromatic heterocycles. The fourth-order valence-electron chi connectivity index (χ4n) is 4.65. The summed E-state index contributed by atoms with van der Waals surface area (Å²) in [5.74, 6) is -1.38. The van der Waals surface area contributed by atoms with Gasteiger partial charge in [0.2, 0.25) is 11.8 Å². The molecule has 3 heterocycles. The molecule has 0 saturated carbocycles. The molecule has 1 unspecified atom stereocenters. The number of ether oxygens (including phenoxy) is 1. The molecule has 3 aliphatic rings. The van der Waals surface area contributed by atoms with Crippen LogP contribution in [-0.4, -0.2) is 53.8 Å². The quantitative estimate of drug-likeness (QED) is 0.430. The number of carbonyl (C=O) groups is 5. The lowest BCUT2D eigenvalue weighted by Gasteiger charge is -2.27. The molecule has 0 radical (unpaired) electrons. The van der Waals surface area contributed by atoms with E-state index in [0.717, 1.165) is 22.4 Å². The van der Waals surface area contributed by atoms with Gasteiger partial charge >= 0.3 is 6.03 Å². The highest BCUT2D eigenvalue weighted by Crippen LogP contribution is 2.33. The first-order chi connectivity index (χ1) is 16.9. The summed E-state index contributed by atoms with van der Waals surface area (Å²) in [5, 5.41) is 7.81. The molecule has 1 fully saturated rings. The van der Waals surface area contributed by atoms with Crippen molar-refractivity contribution in [3.05, 3.63) is 58.7 Å². The Balaban J connectivity index is 1.15. The van der Waals surface area contributed by atoms with Crippen LogP contribution in [0.1, 0.15) is 51.1 Å². The van der Waals surface area contributed by atoms with E-state index in [4.69, 9.17) is 4.74 Å². The number of fused-ring (bicyclic) bond motifs is 2. The van der Waals surface area contributed by atoms with E-state index in [1.807, 2.05) is 12.1 Å². The molecular weight excluding hydrogens is 452 g/mol. The van der Waals surface area contributed by atoms with Crippen molar-refractivity contribution < 1.29 is 28.7 Å². The second kappa shape index (κ2) is 9.21. The Hall–Kier alpha value is -4.21. The summed E-state index contributed by atoms with van der Waals surface area (Å²) < 4.78 is 5.59. The number of benzene rings is 2. The van der Waals surface area contributed by atoms with Crippen LogP contribution >= 0.6 is 0 Å². The van der Waals surface area contributed by atoms with E-state index < -0.39 is 29.7 Å². The zero-order chi connectivity index (χ0) is 24.5. The highest BCUT2D eigenvalue weighted by Gasteiger charge is 2.44. The van der Waals surface area contributed by atoms with E-state index >= 15 is 0 Å². The molecular formula is C25H24N4O6. The van der Waals surface area contributed by atoms with Crippen LogP contribution < -0.4 is 20.7 Å². The first-order valence-corrected chi connectivity index (χ1v) is 11.6. The summed E-state index contributed by atoms with van der Waals surface area (Å²) in [5.41, 5.74) is 3.05. The van der Waals surface area contributed by atoms with Gasteiger partial charge in [-0.2, -0.15) is 0 Å². The summed E-state index contributed by atoms with van der Waals surface area (Å²) in [7, 11) is 0. The average Bonchev–Trinajstić information content (AvgIpc) is 3.41. The van der Waals surface area contributed by atoms with Crippen molar-refractivity contribution in [1.82, 2.24) is 15.5 Å². The van der Waals surface area contributed by atoms with Gasteiger partial charge in [0.05, 0.1) is 23.4 Å². The SMILES string of the molecule is O=C1CCC(N2C(=O)c3ccc(CCCNC(=O)Nc4cccc5c4OCC5)cc3C2=O)C(=O)N1. The van der Waals surface area contributed by atoms with E-state index in [1.54, 1.807) is 24.3 Å². The lowest BCUT2D eigenvalue weighted by molar-refractivity contribution is -0.136. The van der Waals surface area contributed by atoms with E-state index in [0.29, 0.717) is 37.4 Å². The molecule has 0 bridgehead atoms. The van der Waals surface area contributed by atoms with Crippen LogP contribution in [0.4, 0.5) is 10.5 Å². The monoisotopic (exact) mass is 476 g/mol. The largest absolute Gasteiger partial charge is 0.491 e. The van der Waals surface area contributed by atoms with Gasteiger partial charge in [0.1, 0.15) is 11.8 Å². The van der Waals surface area contributed by atoms with Crippen LogP contribution in [-0.2, 0) is 22.4 Å². The third kappa shape index (κ3) is 4.34. The normalized spacial score (nSPS) is 18.6. The van der Waals surface area contributed by atoms with E-state index in [-0.39, 0.29) is 30.0 Å². The number of hydrogen-bond acceptors (Lipinski definition) is 6. The van der Waals surface area contributed by atoms with E-state index in [2.05, 4.69) is 16.0 Å². The van der Waals surface area contributed by atoms with Gasteiger partial charge in [0.25, 0.3) is 11.8 Å². The number of nitrogens with one attached hydrogen (secondary N) is 3. The third-order valence-electron chi connectivity index (χ3n) is 6.39. The lowest BCUT2D eigenvalue weighted by atomic mass is 10.0. The van der Waals surface area contributed by atoms with Gasteiger partial charge in [-0.3, -0.25) is 29.4 Å². The summed E-state index contributed by atoms with van der Waals surface area (Å²) >= 11 is 0. The fourth-order valence-corrected chi connectivity index (χ4v) is 4.65. The third-order valence-corrected chi connectivity index (χ3v) is 6.39. The summed E-state index contributed by atoms with van der Waals surface area (Å²) in [6, 6.07) is 9.35. The first-order valence-electron chi connectivity index (χ1n) is 11.6. The minimum atomic E-state index is -0.984. The second-order valence-corrected chi connectivity index (χ2v) is 8.70. The van der Waals surface area contributed by atoms with Crippen molar-refractivity contribution in [3.63, 3.8) is 0 Å². The molecule has 10 heteroatoms. The van der Waals surface area contributed by atoms with Gasteiger partial charge in [0, 0.05) is 19.4 Å². The molecule has 5 rings (SSSR count). The lowest BCUT2D eigenvalue weighted by Crippen LogP contribution is -2.54. The Bertz CT molecular complexity index is 1260. The van der Waals surface area contributed by atoms with Crippen LogP contribution in [0.3, 0.4) is 0 Å². The molecule has 3 N–H and O–H groups in total. The predicted octanol–water partition coefficient (Wildman–Crippen LogP) is 1.78. The van der Waals surface area contributed by atoms with Crippen molar-refractivity contribution in [1.29, 1.82) is 0 Å². The maximum atomic E-state index is 12.9. The summed E-state index contributed by atoms with van der Waals surface area (Å²) in [6.07, 6.45) is 2.22. The molecule has 1 atom stereocenters. The summed E-state index contributed by atoms with van der Waals surface area (Å²) in [4.78, 5) is 62.5. The van der Waals surface area contributed by atoms with Crippen molar-refractivity contribution in [2.75, 3.05) is 18.5 Å². The van der Waals surface area contributed by atoms with Crippen molar-refractivity contribution in [2.45, 2.75) is 38.1 Å². The standard InChI is InChI=1S/C25H24N4O6/c30-20-9-8-19(22(31)28-20)29-23(32)16-7-6-14(13-17(16)24(29)33)3-2-11-26-25(34)27-18-5-1-4-15-10-12-35-21(15)18/h1,4-7,13,19H,2-3,8-12H2,(H2,26,27,34)(H,28,30,31). The van der Waals surface area contributed by atoms with Crippen LogP contribution in [0, 0.1) is 0 Å². The van der Waals surface area contributed by atoms with Gasteiger partial charge in [-0.25, -0.2) is 4.79 Å². The average molecular weight is 476 g/mol. The number of para-hydroxylation sites is 1. The van der Waals surface area contributed by atoms with Crippen LogP contribution in [0.25, 0.3) is 0 Å². The maximum Gasteiger partial charge on any atom is 0.319 e. The van der Waals surface area contributed by atoms with Crippen molar-refractivity contribution in [2.24, 2.45) is 0 Å². The molecule has 180 valence electrons. The van der Waals surface area contributed by atoms with Gasteiger partial charge < -0.3 is 15.4 Å². The maximum absolute atomic E-state index is 12.9. The summed E-state index contributed by atoms with van der Waals surface area (Å²) in [6.45, 7) is 1.02. The smallest absolute Gasteiger partial charge is 0.319 e. The zero-order valence-corrected chi connectivity index (χ0v) is 18.9. The highest BCUT2D eigenvalue weighted by atomic mass is 16.5. The predicted molar refractivity (Wildman–Crippen MR) is 124 cm³/mol. The molecule has 6 amide bonds. The molecule has 2 aromatic carbocycles. The van der Waals surface area contributed by atoms with Crippen LogP contribution in [0.15, 0.2) is 36.4 Å². The number of rotatable bonds is 6. The number of anilines is 1. The van der Waals surface area contributed by atoms with Crippen molar-refractivity contribution >= 4 is 35.3 Å². The number of amides is 6. The Morgan fingerprint density at radius 1 is 1.06 bits per heavy atom. The van der Waals surface area contributed by atoms with E-state index in [9.17, 15) is 24.0 Å². The second-order valence-electron chi connectivity index (χ2n) is 8.70. The van der Waals surface area contributed by atoms with Crippen LogP contribution in [0.5, 0.6) is 5.75 Å². The Morgan fingerprint density at radius 2 is 1.89 bits per heavy atom. The van der Waals surface area contributed by atoms with Gasteiger partial charge in [-0.15, -0.1) is 0 Å². The van der Waals surface area contributed by atoms with Crippen molar-refractivity contribution in [3.8, 4) is 5.75 Å². The number of carbonyl (C=O) groups excluding carboxylic acids is 5. The molecule has 3 aliphatic heterocycles. The molecule has 35 heavy (non-hydrogen) atoms. The Kier molecular flexibility index (Phi) is 5.94. The highest BCUT2D eigenvalue weighted by molar-refractivity contribution is 6.23. The Morgan fingerprint density at radius 3 is 2.71 bits per heavy atom. The number of imide groups is 2. The van der Waals surface area contributed by atoms with Gasteiger partial charge in [0.15, 0.2) is 0 Å². The fraction of sp³-hybridized carbons (Fsp3) is 0.320. The minimum absolute atomic E-state index is 0.0788. The minimum Gasteiger partial charge on any atom is -0.491 e. The van der Waals surface area contributed by atoms with Gasteiger partial charge in [-0.1, -0.05) is 18.2 Å². The molecule has 2 aromatic rings. The zero-order valence-electron chi connectivity index (χ0n) is 18.9. The number of piperidine rings is 1. The number of urea groups is 1. The molecule has 0 spiro atoms. The van der Waals surface area contributed by atoms with E-state index in [1.165, 1.54) is 0 Å². The number of nitrogens with zero attached hydrogens (tertiary/aromatic N) is 1. The topological polar surface area (TPSA) is 134 Å². The number of hydrogen-bond donors (Lipinski definition) is 3. The molecule has 0 aliphatic carbocycles. The molecule has 10 nitrogen and oxygen atoms in total. The Labute approximate surface area is 201 Å². The van der Waals surface area contributed by atoms with Gasteiger partial charge in [-0.05, 0) is 48.6 Å². The first kappa shape index (κ1) is 22.6. The van der Waals surface area contributed by atoms with Crippen LogP contribution in [0.2, 0.25) is 0 Å². The molecule has 1 saturated heterocycles.